The van der Waals surface area contributed by atoms with Crippen LogP contribution >= 0.6 is 11.3 Å². The van der Waals surface area contributed by atoms with E-state index in [1.54, 1.807) is 0 Å². The maximum absolute atomic E-state index is 6.54. The predicted molar refractivity (Wildman–Crippen MR) is 234 cm³/mol. The highest BCUT2D eigenvalue weighted by Gasteiger charge is 2.20. The third kappa shape index (κ3) is 5.12. The SMILES string of the molecule is c1ccc(-c2nc(-c3ccc4c(c3)oc3ccc(-c5cccc6c5sc5c(-c7ccccc7)cccc56)cc34)nc(-c3cccc4c3oc3ccccc34)n2)cc1. The molecule has 0 fully saturated rings. The normalized spacial score (nSPS) is 11.9. The molecule has 0 N–H and O–H groups in total. The molecule has 12 aromatic rings. The number of aromatic nitrogens is 3. The van der Waals surface area contributed by atoms with Crippen molar-refractivity contribution in [3.63, 3.8) is 0 Å². The Kier molecular flexibility index (Phi) is 7.03. The van der Waals surface area contributed by atoms with E-state index < -0.39 is 0 Å². The van der Waals surface area contributed by atoms with Gasteiger partial charge in [-0.3, -0.25) is 0 Å². The van der Waals surface area contributed by atoms with E-state index in [4.69, 9.17) is 23.8 Å². The minimum Gasteiger partial charge on any atom is -0.456 e. The minimum absolute atomic E-state index is 0.546. The second-order valence-electron chi connectivity index (χ2n) is 14.3. The second-order valence-corrected chi connectivity index (χ2v) is 15.3. The first kappa shape index (κ1) is 31.9. The van der Waals surface area contributed by atoms with Crippen molar-refractivity contribution in [1.29, 1.82) is 0 Å². The van der Waals surface area contributed by atoms with Crippen LogP contribution < -0.4 is 0 Å². The van der Waals surface area contributed by atoms with Crippen molar-refractivity contribution in [3.8, 4) is 56.4 Å². The smallest absolute Gasteiger partial charge is 0.167 e. The van der Waals surface area contributed by atoms with Crippen molar-refractivity contribution in [2.24, 2.45) is 0 Å². The Hall–Kier alpha value is -7.41. The monoisotopic (exact) mass is 747 g/mol. The molecule has 0 amide bonds. The van der Waals surface area contributed by atoms with E-state index in [1.165, 1.54) is 36.9 Å². The summed E-state index contributed by atoms with van der Waals surface area (Å²) in [5.41, 5.74) is 10.6. The van der Waals surface area contributed by atoms with Gasteiger partial charge in [-0.15, -0.1) is 11.3 Å². The van der Waals surface area contributed by atoms with Crippen LogP contribution in [-0.2, 0) is 0 Å². The number of hydrogen-bond acceptors (Lipinski definition) is 6. The van der Waals surface area contributed by atoms with E-state index in [2.05, 4.69) is 109 Å². The standard InChI is InChI=1S/C51H29N3O2S/c1-3-12-30(13-4-1)34-17-9-20-39-40-21-10-18-35(48(40)57-47(34)39)32-25-27-44-42(28-32)37-26-24-33(29-45(37)55-44)50-52-49(31-14-5-2-6-15-31)53-51(54-50)41-22-11-19-38-36-16-7-8-23-43(36)56-46(38)41/h1-29H. The highest BCUT2D eigenvalue weighted by atomic mass is 32.1. The average molecular weight is 748 g/mol. The zero-order valence-electron chi connectivity index (χ0n) is 30.3. The molecule has 0 bridgehead atoms. The van der Waals surface area contributed by atoms with Gasteiger partial charge in [-0.05, 0) is 58.7 Å². The minimum atomic E-state index is 0.546. The summed E-state index contributed by atoms with van der Waals surface area (Å²) in [6.07, 6.45) is 0. The number of thiophene rings is 1. The molecule has 8 aromatic carbocycles. The Morgan fingerprint density at radius 2 is 0.877 bits per heavy atom. The van der Waals surface area contributed by atoms with Crippen molar-refractivity contribution >= 4 is 75.4 Å². The Bertz CT molecular complexity index is 3530. The first-order valence-electron chi connectivity index (χ1n) is 18.9. The first-order valence-corrected chi connectivity index (χ1v) is 19.7. The Morgan fingerprint density at radius 3 is 1.65 bits per heavy atom. The summed E-state index contributed by atoms with van der Waals surface area (Å²) in [4.78, 5) is 15.1. The number of para-hydroxylation sites is 2. The summed E-state index contributed by atoms with van der Waals surface area (Å²) in [5, 5.41) is 6.74. The van der Waals surface area contributed by atoms with Crippen LogP contribution in [0.5, 0.6) is 0 Å². The van der Waals surface area contributed by atoms with E-state index in [0.717, 1.165) is 66.1 Å². The predicted octanol–water partition coefficient (Wildman–Crippen LogP) is 14.4. The molecular formula is C51H29N3O2S. The lowest BCUT2D eigenvalue weighted by molar-refractivity contribution is 0.668. The lowest BCUT2D eigenvalue weighted by Gasteiger charge is -2.09. The van der Waals surface area contributed by atoms with E-state index in [9.17, 15) is 0 Å². The van der Waals surface area contributed by atoms with Gasteiger partial charge in [0.05, 0.1) is 5.56 Å². The molecule has 0 atom stereocenters. The molecule has 57 heavy (non-hydrogen) atoms. The molecule has 4 aromatic heterocycles. The van der Waals surface area contributed by atoms with E-state index in [-0.39, 0.29) is 0 Å². The summed E-state index contributed by atoms with van der Waals surface area (Å²) in [6, 6.07) is 61.0. The first-order chi connectivity index (χ1) is 28.2. The fraction of sp³-hybridized carbons (Fsp3) is 0. The van der Waals surface area contributed by atoms with Crippen molar-refractivity contribution < 1.29 is 8.83 Å². The number of furan rings is 2. The van der Waals surface area contributed by atoms with Crippen LogP contribution in [0.3, 0.4) is 0 Å². The van der Waals surface area contributed by atoms with Crippen LogP contribution in [0.2, 0.25) is 0 Å². The Labute approximate surface area is 330 Å². The number of rotatable bonds is 5. The van der Waals surface area contributed by atoms with E-state index in [1.807, 2.05) is 78.1 Å². The Morgan fingerprint density at radius 1 is 0.316 bits per heavy atom. The van der Waals surface area contributed by atoms with Crippen molar-refractivity contribution in [2.75, 3.05) is 0 Å². The molecule has 0 spiro atoms. The van der Waals surface area contributed by atoms with Gasteiger partial charge in [0.15, 0.2) is 17.5 Å². The summed E-state index contributed by atoms with van der Waals surface area (Å²) in [6.45, 7) is 0. The van der Waals surface area contributed by atoms with Gasteiger partial charge in [0, 0.05) is 52.8 Å². The zero-order chi connectivity index (χ0) is 37.5. The molecule has 0 aliphatic rings. The summed E-state index contributed by atoms with van der Waals surface area (Å²) >= 11 is 1.87. The van der Waals surface area contributed by atoms with Crippen LogP contribution in [0, 0.1) is 0 Å². The fourth-order valence-electron chi connectivity index (χ4n) is 8.24. The fourth-order valence-corrected chi connectivity index (χ4v) is 9.61. The molecule has 0 aliphatic heterocycles. The molecule has 12 rings (SSSR count). The van der Waals surface area contributed by atoms with E-state index in [0.29, 0.717) is 17.5 Å². The molecule has 6 heteroatoms. The highest BCUT2D eigenvalue weighted by Crippen LogP contribution is 2.45. The highest BCUT2D eigenvalue weighted by molar-refractivity contribution is 7.26. The van der Waals surface area contributed by atoms with Crippen molar-refractivity contribution in [2.45, 2.75) is 0 Å². The summed E-state index contributed by atoms with van der Waals surface area (Å²) in [7, 11) is 0. The van der Waals surface area contributed by atoms with E-state index >= 15 is 0 Å². The number of nitrogens with zero attached hydrogens (tertiary/aromatic N) is 3. The molecule has 0 saturated heterocycles. The third-order valence-electron chi connectivity index (χ3n) is 11.0. The van der Waals surface area contributed by atoms with Gasteiger partial charge < -0.3 is 8.83 Å². The van der Waals surface area contributed by atoms with Crippen LogP contribution in [0.1, 0.15) is 0 Å². The average Bonchev–Trinajstić information content (AvgIpc) is 3.97. The van der Waals surface area contributed by atoms with Gasteiger partial charge in [0.1, 0.15) is 22.3 Å². The van der Waals surface area contributed by atoms with Gasteiger partial charge in [-0.1, -0.05) is 140 Å². The maximum Gasteiger partial charge on any atom is 0.167 e. The summed E-state index contributed by atoms with van der Waals surface area (Å²) in [5.74, 6) is 1.69. The summed E-state index contributed by atoms with van der Waals surface area (Å²) < 4.78 is 15.5. The van der Waals surface area contributed by atoms with Crippen LogP contribution in [0.4, 0.5) is 0 Å². The number of fused-ring (bicyclic) bond motifs is 9. The lowest BCUT2D eigenvalue weighted by Crippen LogP contribution is -2.00. The van der Waals surface area contributed by atoms with Gasteiger partial charge in [0.2, 0.25) is 0 Å². The molecule has 0 aliphatic carbocycles. The van der Waals surface area contributed by atoms with Gasteiger partial charge >= 0.3 is 0 Å². The largest absolute Gasteiger partial charge is 0.456 e. The molecule has 5 nitrogen and oxygen atoms in total. The molecule has 266 valence electrons. The molecule has 0 unspecified atom stereocenters. The van der Waals surface area contributed by atoms with Crippen molar-refractivity contribution in [1.82, 2.24) is 15.0 Å². The molecule has 0 saturated carbocycles. The van der Waals surface area contributed by atoms with Crippen LogP contribution in [-0.4, -0.2) is 15.0 Å². The van der Waals surface area contributed by atoms with Gasteiger partial charge in [-0.2, -0.15) is 0 Å². The van der Waals surface area contributed by atoms with Gasteiger partial charge in [-0.25, -0.2) is 15.0 Å². The third-order valence-corrected chi connectivity index (χ3v) is 12.3. The Balaban J connectivity index is 0.987. The number of benzene rings is 8. The quantitative estimate of drug-likeness (QED) is 0.175. The maximum atomic E-state index is 6.54. The zero-order valence-corrected chi connectivity index (χ0v) is 31.1. The van der Waals surface area contributed by atoms with Crippen molar-refractivity contribution in [3.05, 3.63) is 176 Å². The topological polar surface area (TPSA) is 65.0 Å². The molecule has 4 heterocycles. The second kappa shape index (κ2) is 12.6. The number of hydrogen-bond donors (Lipinski definition) is 0. The molecule has 0 radical (unpaired) electrons. The lowest BCUT2D eigenvalue weighted by atomic mass is 9.99. The molecular weight excluding hydrogens is 719 g/mol. The van der Waals surface area contributed by atoms with Gasteiger partial charge in [0.25, 0.3) is 0 Å². The van der Waals surface area contributed by atoms with Crippen LogP contribution in [0.15, 0.2) is 185 Å². The van der Waals surface area contributed by atoms with Crippen LogP contribution in [0.25, 0.3) is 120 Å².